The molecule has 0 aliphatic carbocycles. The number of piperidine rings is 1. The Morgan fingerprint density at radius 1 is 1.33 bits per heavy atom. The molecule has 0 amide bonds. The smallest absolute Gasteiger partial charge is 0.211 e. The first-order valence-electron chi connectivity index (χ1n) is 7.71. The predicted molar refractivity (Wildman–Crippen MR) is 86.6 cm³/mol. The molecule has 0 spiro atoms. The van der Waals surface area contributed by atoms with Gasteiger partial charge in [0.25, 0.3) is 0 Å². The number of nitrogens with two attached hydrogens (primary N) is 1. The van der Waals surface area contributed by atoms with E-state index in [1.165, 1.54) is 11.8 Å². The van der Waals surface area contributed by atoms with Crippen LogP contribution < -0.4 is 5.73 Å². The molecule has 1 heterocycles. The third kappa shape index (κ3) is 4.80. The van der Waals surface area contributed by atoms with Crippen LogP contribution in [0.25, 0.3) is 0 Å². The fourth-order valence-corrected chi connectivity index (χ4v) is 4.09. The summed E-state index contributed by atoms with van der Waals surface area (Å²) in [7, 11) is -3.05. The lowest BCUT2D eigenvalue weighted by Crippen LogP contribution is -2.39. The minimum Gasteiger partial charge on any atom is -0.330 e. The third-order valence-corrected chi connectivity index (χ3v) is 5.70. The van der Waals surface area contributed by atoms with Crippen LogP contribution in [0.15, 0.2) is 30.3 Å². The van der Waals surface area contributed by atoms with Gasteiger partial charge in [-0.1, -0.05) is 30.3 Å². The Kier molecular flexibility index (Phi) is 5.79. The summed E-state index contributed by atoms with van der Waals surface area (Å²) in [5.41, 5.74) is 7.20. The highest BCUT2D eigenvalue weighted by Gasteiger charge is 2.26. The summed E-state index contributed by atoms with van der Waals surface area (Å²) in [4.78, 5) is 0. The molecular weight excluding hydrogens is 284 g/mol. The highest BCUT2D eigenvalue weighted by Crippen LogP contribution is 2.27. The molecule has 2 N–H and O–H groups in total. The number of hydrogen-bond acceptors (Lipinski definition) is 3. The van der Waals surface area contributed by atoms with Gasteiger partial charge in [0.2, 0.25) is 10.0 Å². The van der Waals surface area contributed by atoms with Crippen LogP contribution in [0, 0.1) is 5.92 Å². The second kappa shape index (κ2) is 7.38. The van der Waals surface area contributed by atoms with Crippen molar-refractivity contribution in [1.82, 2.24) is 4.31 Å². The van der Waals surface area contributed by atoms with E-state index in [-0.39, 0.29) is 0 Å². The Morgan fingerprint density at radius 3 is 2.67 bits per heavy atom. The van der Waals surface area contributed by atoms with Gasteiger partial charge in [0.1, 0.15) is 0 Å². The molecule has 0 bridgehead atoms. The normalized spacial score (nSPS) is 22.1. The van der Waals surface area contributed by atoms with E-state index in [9.17, 15) is 8.42 Å². The fraction of sp³-hybridized carbons (Fsp3) is 0.625. The number of sulfonamides is 1. The number of nitrogens with zero attached hydrogens (tertiary/aromatic N) is 1. The molecule has 1 aliphatic rings. The standard InChI is InChI=1S/C16H26N2O2S/c1-21(19,20)18-11-5-6-14(13-18)9-10-16(12-17)15-7-3-2-4-8-15/h2-4,7-8,14,16H,5-6,9-13,17H2,1H3. The summed E-state index contributed by atoms with van der Waals surface area (Å²) >= 11 is 0. The molecule has 1 aromatic carbocycles. The molecule has 0 saturated carbocycles. The van der Waals surface area contributed by atoms with Gasteiger partial charge < -0.3 is 5.73 Å². The van der Waals surface area contributed by atoms with Crippen LogP contribution in [-0.2, 0) is 10.0 Å². The monoisotopic (exact) mass is 310 g/mol. The van der Waals surface area contributed by atoms with Crippen LogP contribution in [0.2, 0.25) is 0 Å². The molecule has 1 saturated heterocycles. The maximum Gasteiger partial charge on any atom is 0.211 e. The van der Waals surface area contributed by atoms with Gasteiger partial charge >= 0.3 is 0 Å². The molecule has 1 aromatic rings. The van der Waals surface area contributed by atoms with Gasteiger partial charge in [-0.2, -0.15) is 0 Å². The van der Waals surface area contributed by atoms with Crippen molar-refractivity contribution in [2.24, 2.45) is 11.7 Å². The zero-order valence-electron chi connectivity index (χ0n) is 12.7. The molecule has 1 fully saturated rings. The van der Waals surface area contributed by atoms with Crippen LogP contribution >= 0.6 is 0 Å². The second-order valence-electron chi connectivity index (χ2n) is 6.05. The molecule has 2 unspecified atom stereocenters. The summed E-state index contributed by atoms with van der Waals surface area (Å²) in [6.45, 7) is 1.99. The largest absolute Gasteiger partial charge is 0.330 e. The van der Waals surface area contributed by atoms with Gasteiger partial charge in [-0.15, -0.1) is 0 Å². The minimum absolute atomic E-state index is 0.375. The molecular formula is C16H26N2O2S. The van der Waals surface area contributed by atoms with Crippen LogP contribution in [-0.4, -0.2) is 38.6 Å². The predicted octanol–water partition coefficient (Wildman–Crippen LogP) is 2.18. The number of hydrogen-bond donors (Lipinski definition) is 1. The van der Waals surface area contributed by atoms with E-state index in [0.29, 0.717) is 31.5 Å². The summed E-state index contributed by atoms with van der Waals surface area (Å²) in [6.07, 6.45) is 5.47. The second-order valence-corrected chi connectivity index (χ2v) is 8.03. The lowest BCUT2D eigenvalue weighted by Gasteiger charge is -2.31. The Hall–Kier alpha value is -0.910. The lowest BCUT2D eigenvalue weighted by molar-refractivity contribution is 0.250. The molecule has 21 heavy (non-hydrogen) atoms. The van der Waals surface area contributed by atoms with Crippen LogP contribution in [0.1, 0.15) is 37.2 Å². The first kappa shape index (κ1) is 16.5. The van der Waals surface area contributed by atoms with Crippen molar-refractivity contribution in [3.05, 3.63) is 35.9 Å². The Morgan fingerprint density at radius 2 is 2.05 bits per heavy atom. The lowest BCUT2D eigenvalue weighted by atomic mass is 9.87. The summed E-state index contributed by atoms with van der Waals surface area (Å²) in [5.74, 6) is 0.839. The molecule has 0 aromatic heterocycles. The van der Waals surface area contributed by atoms with Gasteiger partial charge in [-0.3, -0.25) is 0 Å². The molecule has 2 rings (SSSR count). The van der Waals surface area contributed by atoms with Crippen LogP contribution in [0.5, 0.6) is 0 Å². The first-order valence-corrected chi connectivity index (χ1v) is 9.55. The molecule has 5 heteroatoms. The van der Waals surface area contributed by atoms with Gasteiger partial charge in [0, 0.05) is 13.1 Å². The Labute approximate surface area is 128 Å². The van der Waals surface area contributed by atoms with Crippen molar-refractivity contribution in [2.45, 2.75) is 31.6 Å². The quantitative estimate of drug-likeness (QED) is 0.876. The summed E-state index contributed by atoms with van der Waals surface area (Å²) < 4.78 is 24.9. The van der Waals surface area contributed by atoms with E-state index >= 15 is 0 Å². The molecule has 4 nitrogen and oxygen atoms in total. The van der Waals surface area contributed by atoms with Gasteiger partial charge in [-0.25, -0.2) is 12.7 Å². The SMILES string of the molecule is CS(=O)(=O)N1CCCC(CCC(CN)c2ccccc2)C1. The van der Waals surface area contributed by atoms with Gasteiger partial charge in [0.15, 0.2) is 0 Å². The highest BCUT2D eigenvalue weighted by molar-refractivity contribution is 7.88. The molecule has 1 aliphatic heterocycles. The first-order chi connectivity index (χ1) is 10.0. The van der Waals surface area contributed by atoms with Crippen molar-refractivity contribution in [3.8, 4) is 0 Å². The van der Waals surface area contributed by atoms with E-state index in [4.69, 9.17) is 5.73 Å². The molecule has 0 radical (unpaired) electrons. The maximum atomic E-state index is 11.7. The van der Waals surface area contributed by atoms with Crippen LogP contribution in [0.4, 0.5) is 0 Å². The van der Waals surface area contributed by atoms with Crippen molar-refractivity contribution in [2.75, 3.05) is 25.9 Å². The van der Waals surface area contributed by atoms with E-state index in [1.807, 2.05) is 18.2 Å². The maximum absolute atomic E-state index is 11.7. The summed E-state index contributed by atoms with van der Waals surface area (Å²) in [5, 5.41) is 0. The van der Waals surface area contributed by atoms with Crippen molar-refractivity contribution in [3.63, 3.8) is 0 Å². The van der Waals surface area contributed by atoms with E-state index in [0.717, 1.165) is 25.7 Å². The minimum atomic E-state index is -3.05. The number of rotatable bonds is 6. The van der Waals surface area contributed by atoms with Crippen molar-refractivity contribution >= 4 is 10.0 Å². The van der Waals surface area contributed by atoms with Crippen molar-refractivity contribution in [1.29, 1.82) is 0 Å². The zero-order chi connectivity index (χ0) is 15.3. The Balaban J connectivity index is 1.90. The third-order valence-electron chi connectivity index (χ3n) is 4.43. The van der Waals surface area contributed by atoms with Gasteiger partial charge in [0.05, 0.1) is 6.26 Å². The van der Waals surface area contributed by atoms with E-state index in [2.05, 4.69) is 12.1 Å². The topological polar surface area (TPSA) is 63.4 Å². The average molecular weight is 310 g/mol. The van der Waals surface area contributed by atoms with E-state index < -0.39 is 10.0 Å². The Bertz CT molecular complexity index is 530. The number of benzene rings is 1. The van der Waals surface area contributed by atoms with Crippen molar-refractivity contribution < 1.29 is 8.42 Å². The summed E-state index contributed by atoms with van der Waals surface area (Å²) in [6, 6.07) is 10.4. The van der Waals surface area contributed by atoms with Crippen LogP contribution in [0.3, 0.4) is 0 Å². The molecule has 118 valence electrons. The zero-order valence-corrected chi connectivity index (χ0v) is 13.6. The fourth-order valence-electron chi connectivity index (χ4n) is 3.15. The van der Waals surface area contributed by atoms with Gasteiger partial charge in [-0.05, 0) is 49.6 Å². The highest BCUT2D eigenvalue weighted by atomic mass is 32.2. The van der Waals surface area contributed by atoms with E-state index in [1.54, 1.807) is 4.31 Å². The molecule has 2 atom stereocenters. The average Bonchev–Trinajstić information content (AvgIpc) is 2.48.